The zero-order valence-electron chi connectivity index (χ0n) is 11.5. The van der Waals surface area contributed by atoms with E-state index >= 15 is 0 Å². The Labute approximate surface area is 127 Å². The van der Waals surface area contributed by atoms with Crippen molar-refractivity contribution >= 4 is 21.4 Å². The van der Waals surface area contributed by atoms with E-state index in [1.54, 1.807) is 18.6 Å². The van der Waals surface area contributed by atoms with Gasteiger partial charge in [0.2, 0.25) is 0 Å². The molecule has 0 amide bonds. The highest BCUT2D eigenvalue weighted by atomic mass is 32.2. The number of rotatable bonds is 3. The molecule has 5 nitrogen and oxygen atoms in total. The molecule has 1 aliphatic heterocycles. The van der Waals surface area contributed by atoms with Gasteiger partial charge in [0, 0.05) is 12.1 Å². The second-order valence-electron chi connectivity index (χ2n) is 4.68. The molecule has 112 valence electrons. The number of nitrogens with zero attached hydrogens (tertiary/aromatic N) is 1. The minimum absolute atomic E-state index is 0.0565. The predicted octanol–water partition coefficient (Wildman–Crippen LogP) is 2.44. The van der Waals surface area contributed by atoms with Gasteiger partial charge in [-0.3, -0.25) is 0 Å². The van der Waals surface area contributed by atoms with Gasteiger partial charge < -0.3 is 9.47 Å². The third-order valence-corrected chi connectivity index (χ3v) is 6.58. The van der Waals surface area contributed by atoms with Gasteiger partial charge in [0.1, 0.15) is 16.7 Å². The zero-order valence-corrected chi connectivity index (χ0v) is 13.1. The molecule has 2 heterocycles. The van der Waals surface area contributed by atoms with Crippen LogP contribution in [0.4, 0.5) is 0 Å². The quantitative estimate of drug-likeness (QED) is 0.870. The van der Waals surface area contributed by atoms with Crippen molar-refractivity contribution in [2.75, 3.05) is 13.8 Å². The van der Waals surface area contributed by atoms with Gasteiger partial charge in [0.15, 0.2) is 0 Å². The molecular formula is C14H15NO4S2. The molecule has 1 aliphatic rings. The van der Waals surface area contributed by atoms with Crippen molar-refractivity contribution in [3.8, 4) is 5.75 Å². The average Bonchev–Trinajstić information content (AvgIpc) is 2.91. The fourth-order valence-electron chi connectivity index (χ4n) is 2.20. The second kappa shape index (κ2) is 5.76. The molecule has 7 heteroatoms. The van der Waals surface area contributed by atoms with E-state index in [0.29, 0.717) is 16.6 Å². The van der Waals surface area contributed by atoms with E-state index in [2.05, 4.69) is 0 Å². The lowest BCUT2D eigenvalue weighted by Gasteiger charge is -2.19. The number of ether oxygens (including phenoxy) is 2. The van der Waals surface area contributed by atoms with Crippen molar-refractivity contribution in [2.24, 2.45) is 0 Å². The Balaban J connectivity index is 1.91. The Morgan fingerprint density at radius 2 is 2.24 bits per heavy atom. The van der Waals surface area contributed by atoms with Crippen LogP contribution < -0.4 is 4.74 Å². The number of methoxy groups -OCH3 is 1. The molecule has 0 N–H and O–H groups in total. The van der Waals surface area contributed by atoms with E-state index in [9.17, 15) is 8.42 Å². The summed E-state index contributed by atoms with van der Waals surface area (Å²) in [7, 11) is -1.92. The summed E-state index contributed by atoms with van der Waals surface area (Å²) in [6.45, 7) is 0.643. The molecule has 1 aromatic carbocycles. The minimum Gasteiger partial charge on any atom is -0.497 e. The maximum atomic E-state index is 12.7. The average molecular weight is 325 g/mol. The first-order valence-corrected chi connectivity index (χ1v) is 8.70. The molecule has 0 unspecified atom stereocenters. The van der Waals surface area contributed by atoms with E-state index in [4.69, 9.17) is 9.47 Å². The molecule has 0 fully saturated rings. The first-order chi connectivity index (χ1) is 10.1. The molecule has 0 aliphatic carbocycles. The molecule has 0 saturated carbocycles. The maximum Gasteiger partial charge on any atom is 0.255 e. The van der Waals surface area contributed by atoms with Gasteiger partial charge in [-0.2, -0.15) is 4.31 Å². The first kappa shape index (κ1) is 14.5. The number of thiophene rings is 1. The summed E-state index contributed by atoms with van der Waals surface area (Å²) in [5, 5.41) is 1.78. The largest absolute Gasteiger partial charge is 0.497 e. The number of fused-ring (bicyclic) bond motifs is 1. The van der Waals surface area contributed by atoms with Crippen molar-refractivity contribution < 1.29 is 17.9 Å². The monoisotopic (exact) mass is 325 g/mol. The fourth-order valence-corrected chi connectivity index (χ4v) is 5.03. The molecule has 0 atom stereocenters. The van der Waals surface area contributed by atoms with Crippen LogP contribution in [0.2, 0.25) is 0 Å². The van der Waals surface area contributed by atoms with Gasteiger partial charge in [-0.25, -0.2) is 8.42 Å². The third kappa shape index (κ3) is 2.82. The van der Waals surface area contributed by atoms with E-state index in [-0.39, 0.29) is 13.3 Å². The molecule has 1 aromatic heterocycles. The predicted molar refractivity (Wildman–Crippen MR) is 79.7 cm³/mol. The summed E-state index contributed by atoms with van der Waals surface area (Å²) >= 11 is 1.23. The standard InChI is InChI=1S/C14H15NO4S2/c1-18-13-4-2-3-11(7-13)8-15-10-19-9-12-5-6-20-14(12)21(15,16)17/h2-7H,8-10H2,1H3. The highest BCUT2D eigenvalue weighted by Gasteiger charge is 2.31. The van der Waals surface area contributed by atoms with Crippen molar-refractivity contribution in [1.82, 2.24) is 4.31 Å². The van der Waals surface area contributed by atoms with E-state index < -0.39 is 10.0 Å². The smallest absolute Gasteiger partial charge is 0.255 e. The van der Waals surface area contributed by atoms with Crippen molar-refractivity contribution in [1.29, 1.82) is 0 Å². The molecular weight excluding hydrogens is 310 g/mol. The van der Waals surface area contributed by atoms with Gasteiger partial charge in [0.25, 0.3) is 10.0 Å². The van der Waals surface area contributed by atoms with Crippen LogP contribution in [0.3, 0.4) is 0 Å². The summed E-state index contributed by atoms with van der Waals surface area (Å²) in [4.78, 5) is 0. The van der Waals surface area contributed by atoms with E-state index in [0.717, 1.165) is 11.1 Å². The first-order valence-electron chi connectivity index (χ1n) is 6.38. The highest BCUT2D eigenvalue weighted by molar-refractivity contribution is 7.91. The lowest BCUT2D eigenvalue weighted by molar-refractivity contribution is 0.0607. The number of sulfonamides is 1. The second-order valence-corrected chi connectivity index (χ2v) is 7.73. The molecule has 0 radical (unpaired) electrons. The maximum absolute atomic E-state index is 12.7. The number of hydrogen-bond donors (Lipinski definition) is 0. The summed E-state index contributed by atoms with van der Waals surface area (Å²) in [5.41, 5.74) is 1.59. The van der Waals surface area contributed by atoms with Crippen LogP contribution in [0.25, 0.3) is 0 Å². The van der Waals surface area contributed by atoms with Gasteiger partial charge in [-0.05, 0) is 29.1 Å². The van der Waals surface area contributed by atoms with Crippen LogP contribution >= 0.6 is 11.3 Å². The van der Waals surface area contributed by atoms with Crippen LogP contribution in [-0.2, 0) is 27.9 Å². The number of benzene rings is 1. The van der Waals surface area contributed by atoms with Gasteiger partial charge >= 0.3 is 0 Å². The van der Waals surface area contributed by atoms with Crippen LogP contribution in [0.5, 0.6) is 5.75 Å². The Hall–Kier alpha value is -1.41. The molecule has 0 spiro atoms. The minimum atomic E-state index is -3.51. The zero-order chi connectivity index (χ0) is 14.9. The van der Waals surface area contributed by atoms with Crippen LogP contribution in [0.15, 0.2) is 39.9 Å². The van der Waals surface area contributed by atoms with Crippen LogP contribution in [-0.4, -0.2) is 26.6 Å². The normalized spacial score (nSPS) is 18.0. The Kier molecular flexibility index (Phi) is 3.99. The Bertz CT molecular complexity index is 739. The number of hydrogen-bond acceptors (Lipinski definition) is 5. The summed E-state index contributed by atoms with van der Waals surface area (Å²) in [6.07, 6.45) is 0. The molecule has 0 bridgehead atoms. The Morgan fingerprint density at radius 3 is 3.05 bits per heavy atom. The lowest BCUT2D eigenvalue weighted by atomic mass is 10.2. The van der Waals surface area contributed by atoms with Crippen molar-refractivity contribution in [3.05, 3.63) is 46.8 Å². The third-order valence-electron chi connectivity index (χ3n) is 3.27. The Morgan fingerprint density at radius 1 is 1.38 bits per heavy atom. The van der Waals surface area contributed by atoms with Crippen LogP contribution in [0, 0.1) is 0 Å². The summed E-state index contributed by atoms with van der Waals surface area (Å²) < 4.78 is 37.7. The van der Waals surface area contributed by atoms with Crippen LogP contribution in [0.1, 0.15) is 11.1 Å². The molecule has 3 rings (SSSR count). The van der Waals surface area contributed by atoms with Gasteiger partial charge in [-0.1, -0.05) is 12.1 Å². The highest BCUT2D eigenvalue weighted by Crippen LogP contribution is 2.30. The molecule has 21 heavy (non-hydrogen) atoms. The van der Waals surface area contributed by atoms with E-state index in [1.807, 2.05) is 24.3 Å². The molecule has 0 saturated heterocycles. The molecule has 2 aromatic rings. The lowest BCUT2D eigenvalue weighted by Crippen LogP contribution is -2.30. The van der Waals surface area contributed by atoms with E-state index in [1.165, 1.54) is 15.6 Å². The summed E-state index contributed by atoms with van der Waals surface area (Å²) in [6, 6.07) is 9.17. The SMILES string of the molecule is COc1cccc(CN2COCc3ccsc3S2(=O)=O)c1. The summed E-state index contributed by atoms with van der Waals surface area (Å²) in [5.74, 6) is 0.706. The topological polar surface area (TPSA) is 55.8 Å². The van der Waals surface area contributed by atoms with Crippen molar-refractivity contribution in [2.45, 2.75) is 17.4 Å². The fraction of sp³-hybridized carbons (Fsp3) is 0.286. The van der Waals surface area contributed by atoms with Gasteiger partial charge in [-0.15, -0.1) is 11.3 Å². The van der Waals surface area contributed by atoms with Gasteiger partial charge in [0.05, 0.1) is 13.7 Å². The van der Waals surface area contributed by atoms with Crippen molar-refractivity contribution in [3.63, 3.8) is 0 Å².